The van der Waals surface area contributed by atoms with Crippen LogP contribution < -0.4 is 29.1 Å². The maximum absolute atomic E-state index is 12.9. The summed E-state index contributed by atoms with van der Waals surface area (Å²) in [7, 11) is 1.65. The van der Waals surface area contributed by atoms with Gasteiger partial charge in [-0.1, -0.05) is 12.1 Å². The Morgan fingerprint density at radius 1 is 0.861 bits per heavy atom. The highest BCUT2D eigenvalue weighted by Gasteiger charge is 2.23. The van der Waals surface area contributed by atoms with Gasteiger partial charge in [0.1, 0.15) is 11.4 Å². The molecule has 2 N–H and O–H groups in total. The molecule has 0 heterocycles. The Kier molecular flexibility index (Phi) is 8.17. The molecule has 0 aliphatic rings. The number of para-hydroxylation sites is 2. The van der Waals surface area contributed by atoms with E-state index in [1.165, 1.54) is 52.9 Å². The van der Waals surface area contributed by atoms with Crippen LogP contribution in [0.3, 0.4) is 0 Å². The maximum Gasteiger partial charge on any atom is 0.295 e. The second-order valence-electron chi connectivity index (χ2n) is 7.04. The predicted octanol–water partition coefficient (Wildman–Crippen LogP) is 3.88. The number of rotatable bonds is 11. The number of hydrogen-bond donors (Lipinski definition) is 2. The molecule has 0 atom stereocenters. The lowest BCUT2D eigenvalue weighted by Gasteiger charge is -2.13. The Morgan fingerprint density at radius 3 is 2.19 bits per heavy atom. The van der Waals surface area contributed by atoms with E-state index in [9.17, 15) is 18.5 Å². The van der Waals surface area contributed by atoms with Crippen LogP contribution >= 0.6 is 0 Å². The number of nitrogens with one attached hydrogen (secondary N) is 2. The molecule has 0 unspecified atom stereocenters. The van der Waals surface area contributed by atoms with Crippen molar-refractivity contribution >= 4 is 33.3 Å². The SMILES string of the molecule is COc1ccccc1NS(=O)(=O)c1ccc(NN=Cc2ccc(OC)c(OC)c2OC)c([N+](=O)[O-])c1. The van der Waals surface area contributed by atoms with E-state index in [0.29, 0.717) is 28.6 Å². The second-order valence-corrected chi connectivity index (χ2v) is 8.72. The monoisotopic (exact) mass is 516 g/mol. The molecule has 3 aromatic rings. The third kappa shape index (κ3) is 5.58. The lowest BCUT2D eigenvalue weighted by atomic mass is 10.2. The molecule has 0 radical (unpaired) electrons. The summed E-state index contributed by atoms with van der Waals surface area (Å²) in [5.41, 5.74) is 2.76. The topological polar surface area (TPSA) is 151 Å². The number of nitrogens with zero attached hydrogens (tertiary/aromatic N) is 2. The van der Waals surface area contributed by atoms with E-state index in [1.54, 1.807) is 30.3 Å². The van der Waals surface area contributed by atoms with Crippen LogP contribution in [0.15, 0.2) is 64.6 Å². The summed E-state index contributed by atoms with van der Waals surface area (Å²) < 4.78 is 49.2. The normalized spacial score (nSPS) is 11.1. The molecule has 0 amide bonds. The van der Waals surface area contributed by atoms with Gasteiger partial charge in [-0.25, -0.2) is 8.42 Å². The minimum atomic E-state index is -4.15. The Morgan fingerprint density at radius 2 is 1.56 bits per heavy atom. The average Bonchev–Trinajstić information content (AvgIpc) is 2.88. The molecule has 13 heteroatoms. The Hall–Kier alpha value is -4.52. The molecule has 190 valence electrons. The maximum atomic E-state index is 12.9. The highest BCUT2D eigenvalue weighted by Crippen LogP contribution is 2.39. The van der Waals surface area contributed by atoms with E-state index in [0.717, 1.165) is 6.07 Å². The first-order valence-corrected chi connectivity index (χ1v) is 11.8. The predicted molar refractivity (Wildman–Crippen MR) is 134 cm³/mol. The summed E-state index contributed by atoms with van der Waals surface area (Å²) in [6, 6.07) is 13.1. The van der Waals surface area contributed by atoms with Crippen molar-refractivity contribution in [1.29, 1.82) is 0 Å². The number of anilines is 2. The van der Waals surface area contributed by atoms with Crippen molar-refractivity contribution in [3.8, 4) is 23.0 Å². The molecular formula is C23H24N4O8S. The minimum Gasteiger partial charge on any atom is -0.495 e. The van der Waals surface area contributed by atoms with Crippen LogP contribution in [0.2, 0.25) is 0 Å². The fourth-order valence-electron chi connectivity index (χ4n) is 3.25. The Balaban J connectivity index is 1.89. The van der Waals surface area contributed by atoms with Gasteiger partial charge in [0, 0.05) is 11.6 Å². The fraction of sp³-hybridized carbons (Fsp3) is 0.174. The lowest BCUT2D eigenvalue weighted by Crippen LogP contribution is -2.14. The molecule has 0 saturated carbocycles. The summed E-state index contributed by atoms with van der Waals surface area (Å²) in [5, 5.41) is 15.7. The molecule has 0 aliphatic carbocycles. The zero-order chi connectivity index (χ0) is 26.3. The second kappa shape index (κ2) is 11.3. The van der Waals surface area contributed by atoms with Gasteiger partial charge in [-0.2, -0.15) is 5.10 Å². The molecule has 12 nitrogen and oxygen atoms in total. The molecule has 0 spiro atoms. The van der Waals surface area contributed by atoms with Crippen LogP contribution in [0.25, 0.3) is 0 Å². The van der Waals surface area contributed by atoms with Crippen molar-refractivity contribution in [2.24, 2.45) is 5.10 Å². The van der Waals surface area contributed by atoms with E-state index >= 15 is 0 Å². The van der Waals surface area contributed by atoms with Crippen LogP contribution in [0.1, 0.15) is 5.56 Å². The van der Waals surface area contributed by atoms with Gasteiger partial charge in [0.05, 0.1) is 50.2 Å². The first kappa shape index (κ1) is 26.1. The third-order valence-electron chi connectivity index (χ3n) is 4.95. The number of benzene rings is 3. The number of nitro groups is 1. The van der Waals surface area contributed by atoms with E-state index in [1.807, 2.05) is 0 Å². The van der Waals surface area contributed by atoms with Gasteiger partial charge in [0.2, 0.25) is 5.75 Å². The van der Waals surface area contributed by atoms with Gasteiger partial charge in [-0.3, -0.25) is 20.3 Å². The fourth-order valence-corrected chi connectivity index (χ4v) is 4.34. The molecule has 36 heavy (non-hydrogen) atoms. The van der Waals surface area contributed by atoms with Gasteiger partial charge >= 0.3 is 0 Å². The van der Waals surface area contributed by atoms with E-state index in [4.69, 9.17) is 18.9 Å². The Labute approximate surface area is 207 Å². The molecule has 0 saturated heterocycles. The van der Waals surface area contributed by atoms with Crippen molar-refractivity contribution in [2.45, 2.75) is 4.90 Å². The summed E-state index contributed by atoms with van der Waals surface area (Å²) in [6.07, 6.45) is 1.37. The van der Waals surface area contributed by atoms with E-state index in [2.05, 4.69) is 15.2 Å². The molecule has 3 rings (SSSR count). The third-order valence-corrected chi connectivity index (χ3v) is 6.31. The number of hydrazone groups is 1. The molecule has 0 aliphatic heterocycles. The minimum absolute atomic E-state index is 0.0214. The van der Waals surface area contributed by atoms with Crippen LogP contribution in [0.5, 0.6) is 23.0 Å². The molecular weight excluding hydrogens is 492 g/mol. The summed E-state index contributed by atoms with van der Waals surface area (Å²) >= 11 is 0. The highest BCUT2D eigenvalue weighted by atomic mass is 32.2. The highest BCUT2D eigenvalue weighted by molar-refractivity contribution is 7.92. The number of nitro benzene ring substituents is 1. The van der Waals surface area contributed by atoms with Gasteiger partial charge in [-0.15, -0.1) is 0 Å². The number of hydrogen-bond acceptors (Lipinski definition) is 10. The largest absolute Gasteiger partial charge is 0.495 e. The van der Waals surface area contributed by atoms with Gasteiger partial charge < -0.3 is 18.9 Å². The van der Waals surface area contributed by atoms with Crippen LogP contribution in [0.4, 0.5) is 17.1 Å². The van der Waals surface area contributed by atoms with Crippen molar-refractivity contribution in [2.75, 3.05) is 38.6 Å². The van der Waals surface area contributed by atoms with E-state index < -0.39 is 20.6 Å². The number of sulfonamides is 1. The zero-order valence-electron chi connectivity index (χ0n) is 19.8. The summed E-state index contributed by atoms with van der Waals surface area (Å²) in [6.45, 7) is 0. The summed E-state index contributed by atoms with van der Waals surface area (Å²) in [4.78, 5) is 10.7. The van der Waals surface area contributed by atoms with Crippen LogP contribution in [-0.4, -0.2) is 48.0 Å². The number of ether oxygens (including phenoxy) is 4. The molecule has 0 aromatic heterocycles. The van der Waals surface area contributed by atoms with Gasteiger partial charge in [0.15, 0.2) is 11.5 Å². The van der Waals surface area contributed by atoms with Crippen molar-refractivity contribution < 1.29 is 32.3 Å². The molecule has 0 bridgehead atoms. The zero-order valence-corrected chi connectivity index (χ0v) is 20.7. The smallest absolute Gasteiger partial charge is 0.295 e. The van der Waals surface area contributed by atoms with Crippen molar-refractivity contribution in [3.05, 3.63) is 70.3 Å². The first-order chi connectivity index (χ1) is 17.2. The summed E-state index contributed by atoms with van der Waals surface area (Å²) in [5.74, 6) is 1.45. The van der Waals surface area contributed by atoms with E-state index in [-0.39, 0.29) is 16.3 Å². The lowest BCUT2D eigenvalue weighted by molar-refractivity contribution is -0.384. The van der Waals surface area contributed by atoms with Crippen molar-refractivity contribution in [3.63, 3.8) is 0 Å². The standard InChI is InChI=1S/C23H24N4O8S/c1-32-20-8-6-5-7-18(20)26-36(30,31)16-10-11-17(19(13-16)27(28)29)25-24-14-15-9-12-21(33-2)23(35-4)22(15)34-3/h5-14,25-26H,1-4H3. The average molecular weight is 517 g/mol. The molecule has 3 aromatic carbocycles. The first-order valence-electron chi connectivity index (χ1n) is 10.3. The van der Waals surface area contributed by atoms with Crippen molar-refractivity contribution in [1.82, 2.24) is 0 Å². The Bertz CT molecular complexity index is 1390. The molecule has 0 fully saturated rings. The number of methoxy groups -OCH3 is 4. The quantitative estimate of drug-likeness (QED) is 0.220. The van der Waals surface area contributed by atoms with Crippen LogP contribution in [0, 0.1) is 10.1 Å². The van der Waals surface area contributed by atoms with Gasteiger partial charge in [0.25, 0.3) is 15.7 Å². The van der Waals surface area contributed by atoms with Crippen LogP contribution in [-0.2, 0) is 10.0 Å². The van der Waals surface area contributed by atoms with Gasteiger partial charge in [-0.05, 0) is 36.4 Å².